The van der Waals surface area contributed by atoms with Crippen molar-refractivity contribution in [3.63, 3.8) is 0 Å². The highest BCUT2D eigenvalue weighted by molar-refractivity contribution is 5.77. The van der Waals surface area contributed by atoms with Gasteiger partial charge in [0, 0.05) is 6.54 Å². The minimum Gasteiger partial charge on any atom is -0.496 e. The number of methoxy groups -OCH3 is 1. The highest BCUT2D eigenvalue weighted by atomic mass is 16.5. The zero-order chi connectivity index (χ0) is 14.9. The van der Waals surface area contributed by atoms with Crippen LogP contribution in [0.3, 0.4) is 0 Å². The van der Waals surface area contributed by atoms with E-state index < -0.39 is 0 Å². The summed E-state index contributed by atoms with van der Waals surface area (Å²) >= 11 is 0. The predicted octanol–water partition coefficient (Wildman–Crippen LogP) is 2.70. The first kappa shape index (κ1) is 15.8. The molecule has 0 aliphatic heterocycles. The number of ether oxygens (including phenoxy) is 2. The monoisotopic (exact) mass is 291 g/mol. The number of carbonyl (C=O) groups is 1. The molecular weight excluding hydrogens is 266 g/mol. The van der Waals surface area contributed by atoms with Crippen LogP contribution in [0.15, 0.2) is 24.3 Å². The summed E-state index contributed by atoms with van der Waals surface area (Å²) in [5.41, 5.74) is 1.11. The summed E-state index contributed by atoms with van der Waals surface area (Å²) < 4.78 is 10.9. The molecule has 116 valence electrons. The van der Waals surface area contributed by atoms with Gasteiger partial charge in [0.05, 0.1) is 13.2 Å². The van der Waals surface area contributed by atoms with Crippen molar-refractivity contribution in [2.45, 2.75) is 44.6 Å². The number of carbonyl (C=O) groups excluding carboxylic acids is 1. The Kier molecular flexibility index (Phi) is 6.54. The molecule has 4 nitrogen and oxygen atoms in total. The van der Waals surface area contributed by atoms with Gasteiger partial charge in [-0.1, -0.05) is 37.5 Å². The Balaban J connectivity index is 1.64. The molecule has 0 saturated heterocycles. The molecule has 2 rings (SSSR count). The maximum Gasteiger partial charge on any atom is 0.246 e. The number of hydrogen-bond acceptors (Lipinski definition) is 3. The fourth-order valence-corrected chi connectivity index (χ4v) is 2.72. The van der Waals surface area contributed by atoms with Gasteiger partial charge in [0.25, 0.3) is 0 Å². The Bertz CT molecular complexity index is 441. The Morgan fingerprint density at radius 1 is 1.24 bits per heavy atom. The highest BCUT2D eigenvalue weighted by Crippen LogP contribution is 2.20. The van der Waals surface area contributed by atoms with Crippen LogP contribution in [0.25, 0.3) is 0 Å². The SMILES string of the molecule is COc1ccccc1CCNC(=O)COC1CCCCC1. The molecule has 1 aromatic carbocycles. The molecule has 0 atom stereocenters. The number of para-hydroxylation sites is 1. The second-order valence-corrected chi connectivity index (χ2v) is 5.48. The maximum atomic E-state index is 11.8. The van der Waals surface area contributed by atoms with Crippen LogP contribution in [-0.2, 0) is 16.0 Å². The minimum atomic E-state index is -0.0320. The molecule has 1 aromatic rings. The molecule has 0 spiro atoms. The summed E-state index contributed by atoms with van der Waals surface area (Å²) in [5.74, 6) is 0.834. The summed E-state index contributed by atoms with van der Waals surface area (Å²) in [6, 6.07) is 7.87. The normalized spacial score (nSPS) is 15.7. The van der Waals surface area contributed by atoms with Crippen LogP contribution in [0.5, 0.6) is 5.75 Å². The van der Waals surface area contributed by atoms with Crippen molar-refractivity contribution >= 4 is 5.91 Å². The average molecular weight is 291 g/mol. The molecule has 0 bridgehead atoms. The van der Waals surface area contributed by atoms with Crippen LogP contribution in [-0.4, -0.2) is 32.3 Å². The van der Waals surface area contributed by atoms with E-state index >= 15 is 0 Å². The molecule has 1 aliphatic rings. The lowest BCUT2D eigenvalue weighted by Gasteiger charge is -2.21. The van der Waals surface area contributed by atoms with Crippen molar-refractivity contribution < 1.29 is 14.3 Å². The molecule has 4 heteroatoms. The summed E-state index contributed by atoms with van der Waals surface area (Å²) in [6.07, 6.45) is 6.96. The van der Waals surface area contributed by atoms with Crippen molar-refractivity contribution in [1.29, 1.82) is 0 Å². The first-order valence-electron chi connectivity index (χ1n) is 7.80. The smallest absolute Gasteiger partial charge is 0.246 e. The van der Waals surface area contributed by atoms with E-state index in [1.807, 2.05) is 24.3 Å². The van der Waals surface area contributed by atoms with Crippen LogP contribution in [0.1, 0.15) is 37.7 Å². The van der Waals surface area contributed by atoms with Gasteiger partial charge in [-0.15, -0.1) is 0 Å². The average Bonchev–Trinajstić information content (AvgIpc) is 2.54. The Morgan fingerprint density at radius 2 is 2.00 bits per heavy atom. The molecular formula is C17H25NO3. The van der Waals surface area contributed by atoms with Gasteiger partial charge in [0.15, 0.2) is 0 Å². The first-order valence-corrected chi connectivity index (χ1v) is 7.80. The maximum absolute atomic E-state index is 11.8. The molecule has 0 heterocycles. The standard InChI is InChI=1S/C17H25NO3/c1-20-16-10-6-5-7-14(16)11-12-18-17(19)13-21-15-8-3-2-4-9-15/h5-7,10,15H,2-4,8-9,11-13H2,1H3,(H,18,19). The third kappa shape index (κ3) is 5.38. The van der Waals surface area contributed by atoms with Gasteiger partial charge in [-0.25, -0.2) is 0 Å². The third-order valence-electron chi connectivity index (χ3n) is 3.91. The van der Waals surface area contributed by atoms with Gasteiger partial charge < -0.3 is 14.8 Å². The quantitative estimate of drug-likeness (QED) is 0.840. The van der Waals surface area contributed by atoms with E-state index in [4.69, 9.17) is 9.47 Å². The van der Waals surface area contributed by atoms with E-state index in [2.05, 4.69) is 5.32 Å². The van der Waals surface area contributed by atoms with E-state index in [9.17, 15) is 4.79 Å². The lowest BCUT2D eigenvalue weighted by molar-refractivity contribution is -0.128. The third-order valence-corrected chi connectivity index (χ3v) is 3.91. The van der Waals surface area contributed by atoms with Gasteiger partial charge in [0.2, 0.25) is 5.91 Å². The number of nitrogens with one attached hydrogen (secondary N) is 1. The summed E-state index contributed by atoms with van der Waals surface area (Å²) in [5, 5.41) is 2.90. The summed E-state index contributed by atoms with van der Waals surface area (Å²) in [7, 11) is 1.66. The van der Waals surface area contributed by atoms with Crippen molar-refractivity contribution in [1.82, 2.24) is 5.32 Å². The minimum absolute atomic E-state index is 0.0320. The molecule has 0 aromatic heterocycles. The van der Waals surface area contributed by atoms with E-state index in [0.717, 1.165) is 30.6 Å². The zero-order valence-electron chi connectivity index (χ0n) is 12.8. The molecule has 1 N–H and O–H groups in total. The van der Waals surface area contributed by atoms with Crippen molar-refractivity contribution in [2.24, 2.45) is 0 Å². The predicted molar refractivity (Wildman–Crippen MR) is 82.5 cm³/mol. The lowest BCUT2D eigenvalue weighted by Crippen LogP contribution is -2.31. The molecule has 1 saturated carbocycles. The first-order chi connectivity index (χ1) is 10.3. The van der Waals surface area contributed by atoms with Crippen LogP contribution in [0, 0.1) is 0 Å². The molecule has 0 unspecified atom stereocenters. The fraction of sp³-hybridized carbons (Fsp3) is 0.588. The van der Waals surface area contributed by atoms with Gasteiger partial charge in [-0.05, 0) is 30.9 Å². The lowest BCUT2D eigenvalue weighted by atomic mass is 9.98. The summed E-state index contributed by atoms with van der Waals surface area (Å²) in [6.45, 7) is 0.782. The van der Waals surface area contributed by atoms with Crippen molar-refractivity contribution in [2.75, 3.05) is 20.3 Å². The van der Waals surface area contributed by atoms with Crippen molar-refractivity contribution in [3.05, 3.63) is 29.8 Å². The van der Waals surface area contributed by atoms with Gasteiger partial charge >= 0.3 is 0 Å². The van der Waals surface area contributed by atoms with Crippen molar-refractivity contribution in [3.8, 4) is 5.75 Å². The molecule has 1 fully saturated rings. The topological polar surface area (TPSA) is 47.6 Å². The highest BCUT2D eigenvalue weighted by Gasteiger charge is 2.15. The molecule has 21 heavy (non-hydrogen) atoms. The van der Waals surface area contributed by atoms with E-state index in [1.165, 1.54) is 19.3 Å². The number of rotatable bonds is 7. The Labute approximate surface area is 126 Å². The van der Waals surface area contributed by atoms with E-state index in [1.54, 1.807) is 7.11 Å². The van der Waals surface area contributed by atoms with E-state index in [0.29, 0.717) is 6.54 Å². The van der Waals surface area contributed by atoms with Crippen LogP contribution in [0.2, 0.25) is 0 Å². The van der Waals surface area contributed by atoms with E-state index in [-0.39, 0.29) is 18.6 Å². The van der Waals surface area contributed by atoms with Crippen LogP contribution < -0.4 is 10.1 Å². The van der Waals surface area contributed by atoms with Gasteiger partial charge in [0.1, 0.15) is 12.4 Å². The van der Waals surface area contributed by atoms with Gasteiger partial charge in [-0.2, -0.15) is 0 Å². The number of amides is 1. The largest absolute Gasteiger partial charge is 0.496 e. The second-order valence-electron chi connectivity index (χ2n) is 5.48. The Morgan fingerprint density at radius 3 is 2.76 bits per heavy atom. The molecule has 0 radical (unpaired) electrons. The fourth-order valence-electron chi connectivity index (χ4n) is 2.72. The summed E-state index contributed by atoms with van der Waals surface area (Å²) in [4.78, 5) is 11.8. The number of hydrogen-bond donors (Lipinski definition) is 1. The zero-order valence-corrected chi connectivity index (χ0v) is 12.8. The second kappa shape index (κ2) is 8.67. The number of benzene rings is 1. The Hall–Kier alpha value is -1.55. The van der Waals surface area contributed by atoms with Crippen LogP contribution >= 0.6 is 0 Å². The van der Waals surface area contributed by atoms with Crippen LogP contribution in [0.4, 0.5) is 0 Å². The van der Waals surface area contributed by atoms with Gasteiger partial charge in [-0.3, -0.25) is 4.79 Å². The molecule has 1 amide bonds. The molecule has 1 aliphatic carbocycles.